The fourth-order valence-corrected chi connectivity index (χ4v) is 2.32. The Morgan fingerprint density at radius 2 is 2.32 bits per heavy atom. The minimum atomic E-state index is -0.237. The first-order valence-electron chi connectivity index (χ1n) is 6.48. The zero-order chi connectivity index (χ0) is 13.1. The highest BCUT2D eigenvalue weighted by Gasteiger charge is 2.20. The van der Waals surface area contributed by atoms with Crippen molar-refractivity contribution < 1.29 is 9.53 Å². The molecule has 19 heavy (non-hydrogen) atoms. The van der Waals surface area contributed by atoms with E-state index in [2.05, 4.69) is 21.7 Å². The molecule has 1 aliphatic rings. The van der Waals surface area contributed by atoms with E-state index in [0.29, 0.717) is 19.8 Å². The zero-order valence-electron chi connectivity index (χ0n) is 10.6. The molecule has 3 N–H and O–H groups in total. The second-order valence-electron chi connectivity index (χ2n) is 4.66. The van der Waals surface area contributed by atoms with Crippen LogP contribution in [0.1, 0.15) is 5.56 Å². The number of morpholine rings is 1. The molecule has 2 heterocycles. The maximum absolute atomic E-state index is 12.0. The van der Waals surface area contributed by atoms with E-state index < -0.39 is 0 Å². The summed E-state index contributed by atoms with van der Waals surface area (Å²) in [6, 6.07) is 7.83. The Morgan fingerprint density at radius 1 is 1.42 bits per heavy atom. The average molecular weight is 259 g/mol. The molecule has 100 valence electrons. The van der Waals surface area contributed by atoms with Crippen molar-refractivity contribution in [2.75, 3.05) is 19.8 Å². The second kappa shape index (κ2) is 5.42. The number of para-hydroxylation sites is 1. The van der Waals surface area contributed by atoms with Crippen LogP contribution in [0.15, 0.2) is 30.5 Å². The van der Waals surface area contributed by atoms with Crippen LogP contribution >= 0.6 is 0 Å². The van der Waals surface area contributed by atoms with Gasteiger partial charge in [0.2, 0.25) is 5.91 Å². The third-order valence-corrected chi connectivity index (χ3v) is 3.37. The van der Waals surface area contributed by atoms with Crippen molar-refractivity contribution in [1.29, 1.82) is 0 Å². The Bertz CT molecular complexity index is 573. The van der Waals surface area contributed by atoms with E-state index in [1.165, 1.54) is 0 Å². The van der Waals surface area contributed by atoms with Crippen LogP contribution < -0.4 is 10.6 Å². The number of amides is 1. The Kier molecular flexibility index (Phi) is 3.48. The number of nitrogens with one attached hydrogen (secondary N) is 3. The molecular weight excluding hydrogens is 242 g/mol. The highest BCUT2D eigenvalue weighted by molar-refractivity contribution is 5.85. The summed E-state index contributed by atoms with van der Waals surface area (Å²) in [7, 11) is 0. The highest BCUT2D eigenvalue weighted by Crippen LogP contribution is 2.17. The van der Waals surface area contributed by atoms with Crippen molar-refractivity contribution in [3.05, 3.63) is 36.0 Å². The number of hydrogen-bond acceptors (Lipinski definition) is 3. The molecule has 1 aromatic carbocycles. The molecule has 5 nitrogen and oxygen atoms in total. The molecule has 1 saturated heterocycles. The van der Waals surface area contributed by atoms with Gasteiger partial charge in [-0.2, -0.15) is 0 Å². The smallest absolute Gasteiger partial charge is 0.239 e. The Hall–Kier alpha value is -1.85. The summed E-state index contributed by atoms with van der Waals surface area (Å²) in [4.78, 5) is 15.2. The number of carbonyl (C=O) groups excluding carboxylic acids is 1. The lowest BCUT2D eigenvalue weighted by atomic mass is 10.1. The minimum absolute atomic E-state index is 0.00928. The molecule has 1 fully saturated rings. The maximum Gasteiger partial charge on any atom is 0.239 e. The van der Waals surface area contributed by atoms with Crippen LogP contribution in [0.5, 0.6) is 0 Å². The summed E-state index contributed by atoms with van der Waals surface area (Å²) < 4.78 is 5.28. The number of ether oxygens (including phenoxy) is 1. The lowest BCUT2D eigenvalue weighted by Crippen LogP contribution is -2.51. The molecule has 2 aromatic rings. The van der Waals surface area contributed by atoms with Gasteiger partial charge in [-0.25, -0.2) is 0 Å². The van der Waals surface area contributed by atoms with E-state index >= 15 is 0 Å². The molecule has 5 heteroatoms. The topological polar surface area (TPSA) is 66.2 Å². The van der Waals surface area contributed by atoms with Gasteiger partial charge in [0.1, 0.15) is 6.04 Å². The van der Waals surface area contributed by atoms with Gasteiger partial charge < -0.3 is 20.4 Å². The zero-order valence-corrected chi connectivity index (χ0v) is 10.6. The van der Waals surface area contributed by atoms with Crippen molar-refractivity contribution in [1.82, 2.24) is 15.6 Å². The molecule has 1 atom stereocenters. The van der Waals surface area contributed by atoms with Gasteiger partial charge in [0.25, 0.3) is 0 Å². The molecule has 1 unspecified atom stereocenters. The van der Waals surface area contributed by atoms with E-state index in [0.717, 1.165) is 23.0 Å². The molecule has 0 spiro atoms. The average Bonchev–Trinajstić information content (AvgIpc) is 2.89. The summed E-state index contributed by atoms with van der Waals surface area (Å²) >= 11 is 0. The van der Waals surface area contributed by atoms with Crippen molar-refractivity contribution in [3.63, 3.8) is 0 Å². The van der Waals surface area contributed by atoms with Crippen molar-refractivity contribution in [2.24, 2.45) is 0 Å². The van der Waals surface area contributed by atoms with Crippen LogP contribution in [0, 0.1) is 0 Å². The number of hydrogen-bond donors (Lipinski definition) is 3. The number of fused-ring (bicyclic) bond motifs is 1. The van der Waals surface area contributed by atoms with Gasteiger partial charge >= 0.3 is 0 Å². The molecule has 1 amide bonds. The van der Waals surface area contributed by atoms with E-state index in [-0.39, 0.29) is 11.9 Å². The first-order chi connectivity index (χ1) is 9.34. The molecule has 0 bridgehead atoms. The van der Waals surface area contributed by atoms with Crippen LogP contribution in [0.4, 0.5) is 0 Å². The Morgan fingerprint density at radius 3 is 3.16 bits per heavy atom. The number of carbonyl (C=O) groups is 1. The number of aromatic nitrogens is 1. The van der Waals surface area contributed by atoms with E-state index in [4.69, 9.17) is 4.74 Å². The van der Waals surface area contributed by atoms with E-state index in [1.54, 1.807) is 0 Å². The molecule has 0 radical (unpaired) electrons. The monoisotopic (exact) mass is 259 g/mol. The van der Waals surface area contributed by atoms with E-state index in [9.17, 15) is 4.79 Å². The maximum atomic E-state index is 12.0. The van der Waals surface area contributed by atoms with Crippen molar-refractivity contribution in [3.8, 4) is 0 Å². The minimum Gasteiger partial charge on any atom is -0.378 e. The number of H-pyrrole nitrogens is 1. The van der Waals surface area contributed by atoms with Gasteiger partial charge in [0, 0.05) is 30.2 Å². The summed E-state index contributed by atoms with van der Waals surface area (Å²) in [5.74, 6) is -0.00928. The highest BCUT2D eigenvalue weighted by atomic mass is 16.5. The standard InChI is InChI=1S/C14H17N3O2/c18-14(13-9-19-6-5-15-13)17-8-10-7-16-12-4-2-1-3-11(10)12/h1-4,7,13,15-16H,5-6,8-9H2,(H,17,18). The van der Waals surface area contributed by atoms with Crippen LogP contribution in [0.2, 0.25) is 0 Å². The molecule has 0 aliphatic carbocycles. The molecule has 1 aliphatic heterocycles. The lowest BCUT2D eigenvalue weighted by Gasteiger charge is -2.22. The Labute approximate surface area is 111 Å². The summed E-state index contributed by atoms with van der Waals surface area (Å²) in [5.41, 5.74) is 2.19. The molecule has 0 saturated carbocycles. The largest absolute Gasteiger partial charge is 0.378 e. The first-order valence-corrected chi connectivity index (χ1v) is 6.48. The summed E-state index contributed by atoms with van der Waals surface area (Å²) in [5, 5.41) is 7.24. The normalized spacial score (nSPS) is 19.5. The third-order valence-electron chi connectivity index (χ3n) is 3.37. The quantitative estimate of drug-likeness (QED) is 0.763. The second-order valence-corrected chi connectivity index (χ2v) is 4.66. The van der Waals surface area contributed by atoms with E-state index in [1.807, 2.05) is 24.4 Å². The third kappa shape index (κ3) is 2.62. The number of rotatable bonds is 3. The van der Waals surface area contributed by atoms with Gasteiger partial charge in [-0.3, -0.25) is 4.79 Å². The fraction of sp³-hybridized carbons (Fsp3) is 0.357. The predicted molar refractivity (Wildman–Crippen MR) is 72.8 cm³/mol. The van der Waals surface area contributed by atoms with Crippen molar-refractivity contribution in [2.45, 2.75) is 12.6 Å². The molecular formula is C14H17N3O2. The van der Waals surface area contributed by atoms with Crippen LogP contribution in [0.25, 0.3) is 10.9 Å². The SMILES string of the molecule is O=C(NCc1c[nH]c2ccccc12)C1COCCN1. The van der Waals surface area contributed by atoms with Gasteiger partial charge in [-0.05, 0) is 11.6 Å². The number of benzene rings is 1. The summed E-state index contributed by atoms with van der Waals surface area (Å²) in [6.45, 7) is 2.37. The Balaban J connectivity index is 1.64. The predicted octanol–water partition coefficient (Wildman–Crippen LogP) is 0.772. The van der Waals surface area contributed by atoms with Gasteiger partial charge in [0.15, 0.2) is 0 Å². The van der Waals surface area contributed by atoms with Crippen LogP contribution in [0.3, 0.4) is 0 Å². The molecule has 1 aromatic heterocycles. The van der Waals surface area contributed by atoms with Gasteiger partial charge in [-0.1, -0.05) is 18.2 Å². The fourth-order valence-electron chi connectivity index (χ4n) is 2.32. The molecule has 3 rings (SSSR count). The van der Waals surface area contributed by atoms with Crippen molar-refractivity contribution >= 4 is 16.8 Å². The summed E-state index contributed by atoms with van der Waals surface area (Å²) in [6.07, 6.45) is 1.94. The van der Waals surface area contributed by atoms with Crippen LogP contribution in [-0.4, -0.2) is 36.7 Å². The van der Waals surface area contributed by atoms with Crippen LogP contribution in [-0.2, 0) is 16.1 Å². The lowest BCUT2D eigenvalue weighted by molar-refractivity contribution is -0.126. The number of aromatic amines is 1. The van der Waals surface area contributed by atoms with Gasteiger partial charge in [-0.15, -0.1) is 0 Å². The van der Waals surface area contributed by atoms with Gasteiger partial charge in [0.05, 0.1) is 13.2 Å². The first kappa shape index (κ1) is 12.2.